The van der Waals surface area contributed by atoms with Gasteiger partial charge in [0.15, 0.2) is 0 Å². The largest absolute Gasteiger partial charge is 0.508 e. The first kappa shape index (κ1) is 16.0. The van der Waals surface area contributed by atoms with E-state index >= 15 is 0 Å². The molecule has 5 nitrogen and oxygen atoms in total. The molecule has 1 amide bonds. The van der Waals surface area contributed by atoms with Crippen molar-refractivity contribution >= 4 is 11.9 Å². The van der Waals surface area contributed by atoms with E-state index < -0.39 is 5.97 Å². The number of carboxylic acid groups (broad SMARTS) is 1. The van der Waals surface area contributed by atoms with E-state index in [4.69, 9.17) is 5.11 Å². The van der Waals surface area contributed by atoms with Crippen LogP contribution < -0.4 is 5.32 Å². The molecule has 1 aromatic carbocycles. The number of amides is 1. The number of hydrogen-bond acceptors (Lipinski definition) is 3. The van der Waals surface area contributed by atoms with Crippen LogP contribution in [0.15, 0.2) is 24.3 Å². The minimum atomic E-state index is -0.781. The molecule has 0 aromatic heterocycles. The number of aliphatic carboxylic acids is 1. The number of phenolic OH excluding ortho intramolecular Hbond substituents is 1. The van der Waals surface area contributed by atoms with Crippen molar-refractivity contribution < 1.29 is 19.8 Å². The molecule has 20 heavy (non-hydrogen) atoms. The third kappa shape index (κ3) is 6.78. The van der Waals surface area contributed by atoms with E-state index in [2.05, 4.69) is 5.32 Å². The average Bonchev–Trinajstić information content (AvgIpc) is 2.41. The highest BCUT2D eigenvalue weighted by Crippen LogP contribution is 2.16. The lowest BCUT2D eigenvalue weighted by atomic mass is 10.1. The molecule has 0 radical (unpaired) electrons. The SMILES string of the molecule is O=C(O)CCCCCNC(=O)CCc1ccccc1O. The summed E-state index contributed by atoms with van der Waals surface area (Å²) in [4.78, 5) is 21.9. The van der Waals surface area contributed by atoms with Gasteiger partial charge in [-0.2, -0.15) is 0 Å². The summed E-state index contributed by atoms with van der Waals surface area (Å²) >= 11 is 0. The summed E-state index contributed by atoms with van der Waals surface area (Å²) < 4.78 is 0. The standard InChI is InChI=1S/C15H21NO4/c17-13-7-4-3-6-12(13)9-10-14(18)16-11-5-1-2-8-15(19)20/h3-4,6-7,17H,1-2,5,8-11H2,(H,16,18)(H,19,20). The van der Waals surface area contributed by atoms with Crippen molar-refractivity contribution in [2.24, 2.45) is 0 Å². The number of para-hydroxylation sites is 1. The Morgan fingerprint density at radius 1 is 1.05 bits per heavy atom. The molecule has 1 rings (SSSR count). The quantitative estimate of drug-likeness (QED) is 0.604. The zero-order valence-corrected chi connectivity index (χ0v) is 11.5. The molecule has 0 saturated carbocycles. The van der Waals surface area contributed by atoms with E-state index in [1.807, 2.05) is 6.07 Å². The molecule has 0 spiro atoms. The van der Waals surface area contributed by atoms with Gasteiger partial charge in [0.25, 0.3) is 0 Å². The van der Waals surface area contributed by atoms with Gasteiger partial charge in [-0.05, 0) is 30.9 Å². The zero-order chi connectivity index (χ0) is 14.8. The second-order valence-corrected chi connectivity index (χ2v) is 4.68. The zero-order valence-electron chi connectivity index (χ0n) is 11.5. The molecular formula is C15H21NO4. The van der Waals surface area contributed by atoms with Crippen LogP contribution in [0.1, 0.15) is 37.7 Å². The van der Waals surface area contributed by atoms with Crippen molar-refractivity contribution in [2.45, 2.75) is 38.5 Å². The minimum absolute atomic E-state index is 0.0495. The summed E-state index contributed by atoms with van der Waals surface area (Å²) in [6, 6.07) is 6.98. The summed E-state index contributed by atoms with van der Waals surface area (Å²) in [5, 5.41) is 20.8. The van der Waals surface area contributed by atoms with E-state index in [9.17, 15) is 14.7 Å². The van der Waals surface area contributed by atoms with Crippen molar-refractivity contribution in [3.05, 3.63) is 29.8 Å². The van der Waals surface area contributed by atoms with Crippen LogP contribution in [0, 0.1) is 0 Å². The number of rotatable bonds is 9. The Labute approximate surface area is 118 Å². The van der Waals surface area contributed by atoms with Gasteiger partial charge in [0, 0.05) is 19.4 Å². The smallest absolute Gasteiger partial charge is 0.303 e. The fraction of sp³-hybridized carbons (Fsp3) is 0.467. The molecule has 0 saturated heterocycles. The van der Waals surface area contributed by atoms with Gasteiger partial charge in [-0.25, -0.2) is 0 Å². The molecule has 0 atom stereocenters. The Morgan fingerprint density at radius 3 is 2.50 bits per heavy atom. The fourth-order valence-electron chi connectivity index (χ4n) is 1.86. The molecule has 0 aliphatic carbocycles. The van der Waals surface area contributed by atoms with Gasteiger partial charge in [0.05, 0.1) is 0 Å². The average molecular weight is 279 g/mol. The van der Waals surface area contributed by atoms with E-state index in [1.54, 1.807) is 18.2 Å². The predicted molar refractivity (Wildman–Crippen MR) is 75.5 cm³/mol. The highest BCUT2D eigenvalue weighted by Gasteiger charge is 2.04. The van der Waals surface area contributed by atoms with Crippen molar-refractivity contribution in [2.75, 3.05) is 6.54 Å². The van der Waals surface area contributed by atoms with Gasteiger partial charge < -0.3 is 15.5 Å². The van der Waals surface area contributed by atoms with Crippen LogP contribution in [-0.2, 0) is 16.0 Å². The lowest BCUT2D eigenvalue weighted by Crippen LogP contribution is -2.24. The number of hydrogen-bond donors (Lipinski definition) is 3. The van der Waals surface area contributed by atoms with Gasteiger partial charge >= 0.3 is 5.97 Å². The number of benzene rings is 1. The fourth-order valence-corrected chi connectivity index (χ4v) is 1.86. The van der Waals surface area contributed by atoms with Gasteiger partial charge in [-0.15, -0.1) is 0 Å². The van der Waals surface area contributed by atoms with Crippen LogP contribution in [0.25, 0.3) is 0 Å². The molecule has 110 valence electrons. The van der Waals surface area contributed by atoms with Crippen molar-refractivity contribution in [3.63, 3.8) is 0 Å². The number of phenols is 1. The Kier molecular flexibility index (Phi) is 7.17. The lowest BCUT2D eigenvalue weighted by molar-refractivity contribution is -0.137. The number of carbonyl (C=O) groups is 2. The van der Waals surface area contributed by atoms with Crippen molar-refractivity contribution in [1.82, 2.24) is 5.32 Å². The van der Waals surface area contributed by atoms with Gasteiger partial charge in [-0.1, -0.05) is 24.6 Å². The number of unbranched alkanes of at least 4 members (excludes halogenated alkanes) is 2. The van der Waals surface area contributed by atoms with Crippen molar-refractivity contribution in [1.29, 1.82) is 0 Å². The normalized spacial score (nSPS) is 10.2. The first-order chi connectivity index (χ1) is 9.59. The van der Waals surface area contributed by atoms with Crippen LogP contribution >= 0.6 is 0 Å². The number of carbonyl (C=O) groups excluding carboxylic acids is 1. The predicted octanol–water partition coefficient (Wildman–Crippen LogP) is 2.09. The van der Waals surface area contributed by atoms with Gasteiger partial charge in [-0.3, -0.25) is 9.59 Å². The summed E-state index contributed by atoms with van der Waals surface area (Å²) in [7, 11) is 0. The molecule has 1 aromatic rings. The third-order valence-corrected chi connectivity index (χ3v) is 3.00. The van der Waals surface area contributed by atoms with E-state index in [0.717, 1.165) is 18.4 Å². The monoisotopic (exact) mass is 279 g/mol. The van der Waals surface area contributed by atoms with Crippen LogP contribution in [0.5, 0.6) is 5.75 Å². The molecule has 0 bridgehead atoms. The van der Waals surface area contributed by atoms with Gasteiger partial charge in [0.1, 0.15) is 5.75 Å². The molecular weight excluding hydrogens is 258 g/mol. The topological polar surface area (TPSA) is 86.6 Å². The minimum Gasteiger partial charge on any atom is -0.508 e. The number of carboxylic acids is 1. The van der Waals surface area contributed by atoms with Gasteiger partial charge in [0.2, 0.25) is 5.91 Å². The van der Waals surface area contributed by atoms with E-state index in [-0.39, 0.29) is 18.1 Å². The second kappa shape index (κ2) is 8.96. The van der Waals surface area contributed by atoms with Crippen LogP contribution in [-0.4, -0.2) is 28.6 Å². The maximum atomic E-state index is 11.6. The molecule has 0 aliphatic rings. The maximum Gasteiger partial charge on any atom is 0.303 e. The first-order valence-corrected chi connectivity index (χ1v) is 6.85. The molecule has 0 aliphatic heterocycles. The summed E-state index contributed by atoms with van der Waals surface area (Å²) in [5.41, 5.74) is 0.768. The Balaban J connectivity index is 2.09. The third-order valence-electron chi connectivity index (χ3n) is 3.00. The van der Waals surface area contributed by atoms with E-state index in [0.29, 0.717) is 25.8 Å². The molecule has 5 heteroatoms. The Morgan fingerprint density at radius 2 is 1.80 bits per heavy atom. The number of aromatic hydroxyl groups is 1. The van der Waals surface area contributed by atoms with Crippen LogP contribution in [0.2, 0.25) is 0 Å². The molecule has 0 unspecified atom stereocenters. The highest BCUT2D eigenvalue weighted by atomic mass is 16.4. The van der Waals surface area contributed by atoms with E-state index in [1.165, 1.54) is 0 Å². The van der Waals surface area contributed by atoms with Crippen molar-refractivity contribution in [3.8, 4) is 5.75 Å². The Hall–Kier alpha value is -2.04. The summed E-state index contributed by atoms with van der Waals surface area (Å²) in [6.45, 7) is 0.569. The highest BCUT2D eigenvalue weighted by molar-refractivity contribution is 5.76. The molecule has 3 N–H and O–H groups in total. The summed E-state index contributed by atoms with van der Waals surface area (Å²) in [5.74, 6) is -0.614. The number of aryl methyl sites for hydroxylation is 1. The van der Waals surface area contributed by atoms with Crippen LogP contribution in [0.4, 0.5) is 0 Å². The second-order valence-electron chi connectivity index (χ2n) is 4.68. The Bertz CT molecular complexity index is 445. The maximum absolute atomic E-state index is 11.6. The summed E-state index contributed by atoms with van der Waals surface area (Å²) in [6.07, 6.45) is 3.26. The molecule has 0 heterocycles. The number of nitrogens with one attached hydrogen (secondary N) is 1. The molecule has 0 fully saturated rings. The first-order valence-electron chi connectivity index (χ1n) is 6.85. The van der Waals surface area contributed by atoms with Crippen LogP contribution in [0.3, 0.4) is 0 Å². The lowest BCUT2D eigenvalue weighted by Gasteiger charge is -2.06.